The van der Waals surface area contributed by atoms with E-state index in [0.717, 1.165) is 44.2 Å². The lowest BCUT2D eigenvalue weighted by Crippen LogP contribution is -2.40. The van der Waals surface area contributed by atoms with Crippen LogP contribution in [-0.4, -0.2) is 46.9 Å². The largest absolute Gasteiger partial charge is 0.376 e. The van der Waals surface area contributed by atoms with Crippen LogP contribution in [0.5, 0.6) is 0 Å². The molecule has 1 unspecified atom stereocenters. The molecule has 0 spiro atoms. The number of rotatable bonds is 7. The van der Waals surface area contributed by atoms with Crippen molar-refractivity contribution < 1.29 is 4.74 Å². The smallest absolute Gasteiger partial charge is 0.194 e. The molecule has 0 amide bonds. The quantitative estimate of drug-likeness (QED) is 0.374. The van der Waals surface area contributed by atoms with Gasteiger partial charge in [0.2, 0.25) is 0 Å². The number of benzene rings is 1. The van der Waals surface area contributed by atoms with Crippen molar-refractivity contribution in [3.63, 3.8) is 0 Å². The van der Waals surface area contributed by atoms with E-state index in [1.165, 1.54) is 5.56 Å². The molecule has 27 heavy (non-hydrogen) atoms. The second-order valence-electron chi connectivity index (χ2n) is 6.79. The van der Waals surface area contributed by atoms with Crippen molar-refractivity contribution in [3.8, 4) is 0 Å². The SMILES string of the molecule is CCNC(=NCc1cnn(C)c1)N1CCC(COCc2ccccc2)C1.I. The summed E-state index contributed by atoms with van der Waals surface area (Å²) < 4.78 is 7.74. The maximum absolute atomic E-state index is 5.93. The van der Waals surface area contributed by atoms with Crippen molar-refractivity contribution in [1.82, 2.24) is 20.0 Å². The summed E-state index contributed by atoms with van der Waals surface area (Å²) in [6, 6.07) is 10.4. The number of halogens is 1. The molecule has 0 radical (unpaired) electrons. The third kappa shape index (κ3) is 6.80. The number of aliphatic imine (C=N–C) groups is 1. The van der Waals surface area contributed by atoms with Gasteiger partial charge in [0.15, 0.2) is 5.96 Å². The molecule has 1 aromatic carbocycles. The van der Waals surface area contributed by atoms with Gasteiger partial charge in [-0.3, -0.25) is 4.68 Å². The fourth-order valence-corrected chi connectivity index (χ4v) is 3.22. The average Bonchev–Trinajstić information content (AvgIpc) is 3.29. The van der Waals surface area contributed by atoms with Crippen molar-refractivity contribution >= 4 is 29.9 Å². The number of nitrogens with one attached hydrogen (secondary N) is 1. The van der Waals surface area contributed by atoms with Crippen molar-refractivity contribution in [2.24, 2.45) is 18.0 Å². The Labute approximate surface area is 179 Å². The second kappa shape index (κ2) is 11.3. The lowest BCUT2D eigenvalue weighted by Gasteiger charge is -2.21. The summed E-state index contributed by atoms with van der Waals surface area (Å²) in [4.78, 5) is 7.12. The Morgan fingerprint density at radius 3 is 2.81 bits per heavy atom. The van der Waals surface area contributed by atoms with E-state index in [1.807, 2.05) is 30.2 Å². The van der Waals surface area contributed by atoms with Crippen molar-refractivity contribution in [1.29, 1.82) is 0 Å². The molecular formula is C20H30IN5O. The van der Waals surface area contributed by atoms with E-state index >= 15 is 0 Å². The van der Waals surface area contributed by atoms with E-state index in [-0.39, 0.29) is 24.0 Å². The standard InChI is InChI=1S/C20H29N5O.HI/c1-3-21-20(22-11-19-12-23-24(2)13-19)25-10-9-18(14-25)16-26-15-17-7-5-4-6-8-17;/h4-8,12-13,18H,3,9-11,14-16H2,1-2H3,(H,21,22);1H. The highest BCUT2D eigenvalue weighted by Gasteiger charge is 2.25. The minimum atomic E-state index is 0. The molecule has 1 fully saturated rings. The summed E-state index contributed by atoms with van der Waals surface area (Å²) in [7, 11) is 1.93. The number of aromatic nitrogens is 2. The summed E-state index contributed by atoms with van der Waals surface area (Å²) in [6.45, 7) is 7.14. The molecule has 1 N–H and O–H groups in total. The van der Waals surface area contributed by atoms with Crippen LogP contribution < -0.4 is 5.32 Å². The second-order valence-corrected chi connectivity index (χ2v) is 6.79. The van der Waals surface area contributed by atoms with Crippen LogP contribution in [0.2, 0.25) is 0 Å². The first-order valence-electron chi connectivity index (χ1n) is 9.37. The summed E-state index contributed by atoms with van der Waals surface area (Å²) in [5, 5.41) is 7.62. The summed E-state index contributed by atoms with van der Waals surface area (Å²) in [5.74, 6) is 1.54. The Hall–Kier alpha value is -1.61. The molecule has 2 aromatic rings. The van der Waals surface area contributed by atoms with Gasteiger partial charge in [0.05, 0.1) is 26.0 Å². The third-order valence-electron chi connectivity index (χ3n) is 4.56. The number of hydrogen-bond donors (Lipinski definition) is 1. The van der Waals surface area contributed by atoms with E-state index in [2.05, 4.69) is 46.5 Å². The molecule has 1 aliphatic rings. The van der Waals surface area contributed by atoms with E-state index in [4.69, 9.17) is 9.73 Å². The van der Waals surface area contributed by atoms with E-state index in [0.29, 0.717) is 19.1 Å². The molecule has 6 nitrogen and oxygen atoms in total. The van der Waals surface area contributed by atoms with Gasteiger partial charge in [-0.25, -0.2) is 4.99 Å². The van der Waals surface area contributed by atoms with Crippen molar-refractivity contribution in [3.05, 3.63) is 53.9 Å². The van der Waals surface area contributed by atoms with Crippen LogP contribution in [-0.2, 0) is 24.9 Å². The third-order valence-corrected chi connectivity index (χ3v) is 4.56. The molecule has 0 aliphatic carbocycles. The zero-order chi connectivity index (χ0) is 18.2. The van der Waals surface area contributed by atoms with Gasteiger partial charge in [-0.05, 0) is 18.9 Å². The average molecular weight is 483 g/mol. The molecule has 1 aliphatic heterocycles. The zero-order valence-corrected chi connectivity index (χ0v) is 18.5. The Kier molecular flexibility index (Phi) is 9.06. The number of likely N-dealkylation sites (tertiary alicyclic amines) is 1. The van der Waals surface area contributed by atoms with Crippen molar-refractivity contribution in [2.45, 2.75) is 26.5 Å². The molecule has 3 rings (SSSR count). The first kappa shape index (κ1) is 21.7. The molecule has 0 bridgehead atoms. The van der Waals surface area contributed by atoms with Gasteiger partial charge in [0, 0.05) is 44.4 Å². The highest BCUT2D eigenvalue weighted by Crippen LogP contribution is 2.17. The fourth-order valence-electron chi connectivity index (χ4n) is 3.22. The number of nitrogens with zero attached hydrogens (tertiary/aromatic N) is 4. The first-order chi connectivity index (χ1) is 12.7. The Balaban J connectivity index is 0.00000261. The van der Waals surface area contributed by atoms with E-state index in [9.17, 15) is 0 Å². The highest BCUT2D eigenvalue weighted by molar-refractivity contribution is 14.0. The first-order valence-corrected chi connectivity index (χ1v) is 9.37. The summed E-state index contributed by atoms with van der Waals surface area (Å²) >= 11 is 0. The maximum Gasteiger partial charge on any atom is 0.194 e. The van der Waals surface area contributed by atoms with Crippen LogP contribution in [0.15, 0.2) is 47.7 Å². The number of ether oxygens (including phenoxy) is 1. The van der Waals surface area contributed by atoms with Crippen LogP contribution in [0.1, 0.15) is 24.5 Å². The van der Waals surface area contributed by atoms with Crippen LogP contribution in [0.25, 0.3) is 0 Å². The molecule has 2 heterocycles. The lowest BCUT2D eigenvalue weighted by atomic mass is 10.1. The van der Waals surface area contributed by atoms with Crippen LogP contribution in [0.3, 0.4) is 0 Å². The van der Waals surface area contributed by atoms with Gasteiger partial charge in [-0.1, -0.05) is 30.3 Å². The predicted octanol–water partition coefficient (Wildman–Crippen LogP) is 3.04. The molecular weight excluding hydrogens is 453 g/mol. The summed E-state index contributed by atoms with van der Waals surface area (Å²) in [6.07, 6.45) is 5.03. The lowest BCUT2D eigenvalue weighted by molar-refractivity contribution is 0.0906. The van der Waals surface area contributed by atoms with Crippen LogP contribution in [0, 0.1) is 5.92 Å². The molecule has 148 valence electrons. The number of guanidine groups is 1. The van der Waals surface area contributed by atoms with Gasteiger partial charge in [0.25, 0.3) is 0 Å². The van der Waals surface area contributed by atoms with E-state index in [1.54, 1.807) is 0 Å². The van der Waals surface area contributed by atoms with E-state index < -0.39 is 0 Å². The normalized spacial score (nSPS) is 17.0. The van der Waals surface area contributed by atoms with Gasteiger partial charge in [0.1, 0.15) is 0 Å². The number of aryl methyl sites for hydroxylation is 1. The Bertz CT molecular complexity index is 703. The zero-order valence-electron chi connectivity index (χ0n) is 16.2. The maximum atomic E-state index is 5.93. The molecule has 1 saturated heterocycles. The number of hydrogen-bond acceptors (Lipinski definition) is 3. The van der Waals surface area contributed by atoms with Crippen LogP contribution in [0.4, 0.5) is 0 Å². The minimum absolute atomic E-state index is 0. The van der Waals surface area contributed by atoms with Crippen molar-refractivity contribution in [2.75, 3.05) is 26.2 Å². The van der Waals surface area contributed by atoms with Gasteiger partial charge < -0.3 is 15.0 Å². The van der Waals surface area contributed by atoms with Crippen LogP contribution >= 0.6 is 24.0 Å². The minimum Gasteiger partial charge on any atom is -0.376 e. The molecule has 1 aromatic heterocycles. The summed E-state index contributed by atoms with van der Waals surface area (Å²) in [5.41, 5.74) is 2.36. The molecule has 1 atom stereocenters. The van der Waals surface area contributed by atoms with Gasteiger partial charge in [-0.2, -0.15) is 5.10 Å². The highest BCUT2D eigenvalue weighted by atomic mass is 127. The monoisotopic (exact) mass is 483 g/mol. The fraction of sp³-hybridized carbons (Fsp3) is 0.500. The molecule has 0 saturated carbocycles. The van der Waals surface area contributed by atoms with Gasteiger partial charge >= 0.3 is 0 Å². The van der Waals surface area contributed by atoms with Gasteiger partial charge in [-0.15, -0.1) is 24.0 Å². The molecule has 7 heteroatoms. The topological polar surface area (TPSA) is 54.7 Å². The predicted molar refractivity (Wildman–Crippen MR) is 119 cm³/mol. The Morgan fingerprint density at radius 1 is 1.30 bits per heavy atom. The Morgan fingerprint density at radius 2 is 2.11 bits per heavy atom.